The number of hydrogen-bond acceptors (Lipinski definition) is 6. The van der Waals surface area contributed by atoms with Gasteiger partial charge in [0.05, 0.1) is 0 Å². The van der Waals surface area contributed by atoms with Crippen LogP contribution >= 0.6 is 0 Å². The molecule has 2 heterocycles. The zero-order valence-electron chi connectivity index (χ0n) is 14.6. The van der Waals surface area contributed by atoms with Crippen LogP contribution in [-0.2, 0) is 11.2 Å². The van der Waals surface area contributed by atoms with Gasteiger partial charge in [-0.3, -0.25) is 9.78 Å². The molecule has 0 saturated carbocycles. The molecule has 7 heteroatoms. The average molecular weight is 351 g/mol. The van der Waals surface area contributed by atoms with E-state index >= 15 is 0 Å². The minimum Gasteiger partial charge on any atom is -0.373 e. The molecular weight excluding hydrogens is 330 g/mol. The molecule has 0 atom stereocenters. The van der Waals surface area contributed by atoms with E-state index in [1.54, 1.807) is 12.4 Å². The van der Waals surface area contributed by atoms with Gasteiger partial charge in [-0.1, -0.05) is 23.4 Å². The van der Waals surface area contributed by atoms with Gasteiger partial charge in [0.15, 0.2) is 0 Å². The van der Waals surface area contributed by atoms with Crippen molar-refractivity contribution in [1.29, 1.82) is 0 Å². The molecule has 0 aliphatic heterocycles. The maximum absolute atomic E-state index is 12.0. The van der Waals surface area contributed by atoms with E-state index in [0.717, 1.165) is 17.8 Å². The highest BCUT2D eigenvalue weighted by atomic mass is 16.5. The van der Waals surface area contributed by atoms with Gasteiger partial charge >= 0.3 is 0 Å². The predicted octanol–water partition coefficient (Wildman–Crippen LogP) is 2.32. The number of benzene rings is 1. The van der Waals surface area contributed by atoms with Gasteiger partial charge < -0.3 is 14.7 Å². The number of carbonyl (C=O) groups is 1. The number of carbonyl (C=O) groups excluding carboxylic acids is 1. The third kappa shape index (κ3) is 4.89. The minimum atomic E-state index is -0.0323. The Labute approximate surface area is 152 Å². The van der Waals surface area contributed by atoms with Crippen molar-refractivity contribution in [3.63, 3.8) is 0 Å². The first-order chi connectivity index (χ1) is 12.7. The zero-order valence-corrected chi connectivity index (χ0v) is 14.6. The number of pyridine rings is 1. The lowest BCUT2D eigenvalue weighted by Crippen LogP contribution is -2.33. The molecule has 26 heavy (non-hydrogen) atoms. The quantitative estimate of drug-likeness (QED) is 0.670. The summed E-state index contributed by atoms with van der Waals surface area (Å²) >= 11 is 0. The third-order valence-corrected chi connectivity index (χ3v) is 3.94. The summed E-state index contributed by atoms with van der Waals surface area (Å²) in [5, 5.41) is 6.84. The monoisotopic (exact) mass is 351 g/mol. The highest BCUT2D eigenvalue weighted by molar-refractivity contribution is 5.76. The minimum absolute atomic E-state index is 0.0323. The van der Waals surface area contributed by atoms with Crippen LogP contribution in [-0.4, -0.2) is 41.2 Å². The van der Waals surface area contributed by atoms with Gasteiger partial charge in [0.25, 0.3) is 0 Å². The van der Waals surface area contributed by atoms with Crippen LogP contribution in [0.4, 0.5) is 5.69 Å². The Morgan fingerprint density at radius 2 is 1.92 bits per heavy atom. The molecule has 134 valence electrons. The lowest BCUT2D eigenvalue weighted by Gasteiger charge is -2.19. The second-order valence-corrected chi connectivity index (χ2v) is 5.85. The molecule has 2 aromatic heterocycles. The predicted molar refractivity (Wildman–Crippen MR) is 98.6 cm³/mol. The summed E-state index contributed by atoms with van der Waals surface area (Å²) in [5.41, 5.74) is 1.96. The van der Waals surface area contributed by atoms with E-state index in [2.05, 4.69) is 25.3 Å². The second-order valence-electron chi connectivity index (χ2n) is 5.85. The first-order valence-electron chi connectivity index (χ1n) is 8.48. The van der Waals surface area contributed by atoms with Crippen molar-refractivity contribution >= 4 is 11.6 Å². The Kier molecular flexibility index (Phi) is 5.92. The summed E-state index contributed by atoms with van der Waals surface area (Å²) in [6, 6.07) is 13.7. The number of para-hydroxylation sites is 1. The lowest BCUT2D eigenvalue weighted by atomic mass is 10.2. The van der Waals surface area contributed by atoms with E-state index in [1.165, 1.54) is 0 Å². The van der Waals surface area contributed by atoms with Crippen LogP contribution in [0.5, 0.6) is 0 Å². The van der Waals surface area contributed by atoms with E-state index in [-0.39, 0.29) is 5.91 Å². The maximum Gasteiger partial charge on any atom is 0.227 e. The number of amides is 1. The molecule has 1 N–H and O–H groups in total. The summed E-state index contributed by atoms with van der Waals surface area (Å²) in [6.45, 7) is 1.32. The van der Waals surface area contributed by atoms with Gasteiger partial charge in [0, 0.05) is 56.6 Å². The first kappa shape index (κ1) is 17.6. The SMILES string of the molecule is CN(CCNC(=O)CCc1nc(-c2ccncc2)no1)c1ccccc1. The molecule has 3 aromatic rings. The summed E-state index contributed by atoms with van der Waals surface area (Å²) in [4.78, 5) is 22.3. The number of nitrogens with zero attached hydrogens (tertiary/aromatic N) is 4. The Bertz CT molecular complexity index is 820. The van der Waals surface area contributed by atoms with Crippen molar-refractivity contribution in [1.82, 2.24) is 20.4 Å². The van der Waals surface area contributed by atoms with Crippen LogP contribution < -0.4 is 10.2 Å². The number of hydrogen-bond donors (Lipinski definition) is 1. The third-order valence-electron chi connectivity index (χ3n) is 3.94. The molecule has 0 bridgehead atoms. The van der Waals surface area contributed by atoms with Crippen molar-refractivity contribution in [2.75, 3.05) is 25.0 Å². The summed E-state index contributed by atoms with van der Waals surface area (Å²) < 4.78 is 5.20. The van der Waals surface area contributed by atoms with Crippen LogP contribution in [0.15, 0.2) is 59.4 Å². The van der Waals surface area contributed by atoms with Crippen LogP contribution in [0.3, 0.4) is 0 Å². The van der Waals surface area contributed by atoms with E-state index in [4.69, 9.17) is 4.52 Å². The lowest BCUT2D eigenvalue weighted by molar-refractivity contribution is -0.121. The zero-order chi connectivity index (χ0) is 18.2. The van der Waals surface area contributed by atoms with Gasteiger partial charge in [-0.05, 0) is 24.3 Å². The van der Waals surface area contributed by atoms with Crippen LogP contribution in [0, 0.1) is 0 Å². The number of rotatable bonds is 8. The normalized spacial score (nSPS) is 10.5. The Hall–Kier alpha value is -3.22. The summed E-state index contributed by atoms with van der Waals surface area (Å²) in [7, 11) is 2.00. The Morgan fingerprint density at radius 1 is 1.15 bits per heavy atom. The van der Waals surface area contributed by atoms with Crippen molar-refractivity contribution in [3.05, 3.63) is 60.7 Å². The van der Waals surface area contributed by atoms with Gasteiger partial charge in [-0.2, -0.15) is 4.98 Å². The first-order valence-corrected chi connectivity index (χ1v) is 8.48. The molecule has 1 amide bonds. The van der Waals surface area contributed by atoms with Crippen molar-refractivity contribution in [2.24, 2.45) is 0 Å². The molecular formula is C19H21N5O2. The van der Waals surface area contributed by atoms with Gasteiger partial charge in [-0.15, -0.1) is 0 Å². The number of anilines is 1. The highest BCUT2D eigenvalue weighted by Crippen LogP contribution is 2.14. The van der Waals surface area contributed by atoms with Crippen molar-refractivity contribution in [3.8, 4) is 11.4 Å². The molecule has 0 spiro atoms. The van der Waals surface area contributed by atoms with Gasteiger partial charge in [-0.25, -0.2) is 0 Å². The fraction of sp³-hybridized carbons (Fsp3) is 0.263. The molecule has 0 aliphatic carbocycles. The number of aryl methyl sites for hydroxylation is 1. The maximum atomic E-state index is 12.0. The largest absolute Gasteiger partial charge is 0.373 e. The van der Waals surface area contributed by atoms with Gasteiger partial charge in [0.2, 0.25) is 17.6 Å². The fourth-order valence-electron chi connectivity index (χ4n) is 2.46. The molecule has 0 fully saturated rings. The number of nitrogens with one attached hydrogen (secondary N) is 1. The molecule has 7 nitrogen and oxygen atoms in total. The highest BCUT2D eigenvalue weighted by Gasteiger charge is 2.10. The van der Waals surface area contributed by atoms with E-state index in [9.17, 15) is 4.79 Å². The number of aromatic nitrogens is 3. The fourth-order valence-corrected chi connectivity index (χ4v) is 2.46. The molecule has 1 aromatic carbocycles. The van der Waals surface area contributed by atoms with Gasteiger partial charge in [0.1, 0.15) is 0 Å². The standard InChI is InChI=1S/C19H21N5O2/c1-24(16-5-3-2-4-6-16)14-13-21-17(25)7-8-18-22-19(23-26-18)15-9-11-20-12-10-15/h2-6,9-12H,7-8,13-14H2,1H3,(H,21,25). The van der Waals surface area contributed by atoms with Crippen molar-refractivity contribution < 1.29 is 9.32 Å². The van der Waals surface area contributed by atoms with Crippen LogP contribution in [0.2, 0.25) is 0 Å². The molecule has 0 unspecified atom stereocenters. The average Bonchev–Trinajstić information content (AvgIpc) is 3.17. The van der Waals surface area contributed by atoms with E-state index in [0.29, 0.717) is 31.1 Å². The molecule has 0 radical (unpaired) electrons. The Balaban J connectivity index is 1.40. The number of likely N-dealkylation sites (N-methyl/N-ethyl adjacent to an activating group) is 1. The molecule has 3 rings (SSSR count). The summed E-state index contributed by atoms with van der Waals surface area (Å²) in [6.07, 6.45) is 4.07. The smallest absolute Gasteiger partial charge is 0.227 e. The summed E-state index contributed by atoms with van der Waals surface area (Å²) in [5.74, 6) is 0.927. The van der Waals surface area contributed by atoms with E-state index in [1.807, 2.05) is 49.5 Å². The topological polar surface area (TPSA) is 84.2 Å². The second kappa shape index (κ2) is 8.75. The van der Waals surface area contributed by atoms with Crippen molar-refractivity contribution in [2.45, 2.75) is 12.8 Å². The molecule has 0 saturated heterocycles. The van der Waals surface area contributed by atoms with E-state index < -0.39 is 0 Å². The molecule has 0 aliphatic rings. The van der Waals surface area contributed by atoms with Crippen LogP contribution in [0.25, 0.3) is 11.4 Å². The Morgan fingerprint density at radius 3 is 2.69 bits per heavy atom. The van der Waals surface area contributed by atoms with Crippen LogP contribution in [0.1, 0.15) is 12.3 Å².